The summed E-state index contributed by atoms with van der Waals surface area (Å²) in [6.07, 6.45) is 18.3. The first kappa shape index (κ1) is 48.0. The molecule has 0 saturated heterocycles. The van der Waals surface area contributed by atoms with Gasteiger partial charge in [0, 0.05) is 105 Å². The standard InChI is InChI=1S/3C17H11N.2C16H10N2/c1-2-7-14-12(6-1)13-8-3-4-9-15(13)17-16(14)10-5-11-18-17;2*1-2-7-14-12(5-1)13-6-3-4-8-15(13)17-11-18-10-9-16(14)17;1-2-6-12-11(5-1)13-7-3-9-17-15(13)16-14(12)8-4-10-18-16;1-2-5-12-11(4-1)13-7-9-17-10-15(13)16-14(12)6-3-8-18-16/h3*1-11H;2*1-10H/i3*4D;1D;2D. The molecule has 90 heavy (non-hydrogen) atoms. The molecule has 7 nitrogen and oxygen atoms in total. The highest BCUT2D eigenvalue weighted by atomic mass is 14.7. The van der Waals surface area contributed by atoms with Gasteiger partial charge in [0.25, 0.3) is 0 Å². The monoisotopic (exact) mass is 1150 g/mol. The minimum atomic E-state index is 0.515. The van der Waals surface area contributed by atoms with Crippen LogP contribution in [0.5, 0.6) is 0 Å². The quantitative estimate of drug-likeness (QED) is 0.140. The predicted molar refractivity (Wildman–Crippen MR) is 379 cm³/mol. The van der Waals surface area contributed by atoms with Gasteiger partial charge in [-0.25, -0.2) is 0 Å². The highest BCUT2D eigenvalue weighted by Gasteiger charge is 2.13. The van der Waals surface area contributed by atoms with Gasteiger partial charge in [-0.05, 0) is 139 Å². The molecule has 0 aliphatic carbocycles. The normalized spacial score (nSPS) is 12.1. The molecule has 0 aliphatic rings. The molecule has 0 unspecified atom stereocenters. The molecular formula is C83H53N7. The second kappa shape index (κ2) is 23.2. The first-order chi connectivity index (χ1) is 46.7. The van der Waals surface area contributed by atoms with Crippen LogP contribution in [0, 0.1) is 0 Å². The van der Waals surface area contributed by atoms with E-state index in [9.17, 15) is 0 Å². The van der Waals surface area contributed by atoms with Crippen LogP contribution in [-0.4, -0.2) is 34.9 Å². The topological polar surface area (TPSA) is 90.2 Å². The lowest BCUT2D eigenvalue weighted by atomic mass is 9.96. The first-order valence-corrected chi connectivity index (χ1v) is 29.7. The molecule has 0 fully saturated rings. The van der Waals surface area contributed by atoms with Crippen molar-refractivity contribution in [2.45, 2.75) is 0 Å². The van der Waals surface area contributed by atoms with Gasteiger partial charge in [0.2, 0.25) is 0 Å². The smallest absolute Gasteiger partial charge is 0.0970 e. The molecule has 0 spiro atoms. The van der Waals surface area contributed by atoms with Crippen LogP contribution < -0.4 is 0 Å². The van der Waals surface area contributed by atoms with Crippen molar-refractivity contribution >= 4 is 162 Å². The Morgan fingerprint density at radius 1 is 0.156 bits per heavy atom. The largest absolute Gasteiger partial charge is 0.264 e. The number of nitrogens with zero attached hydrogens (tertiary/aromatic N) is 7. The minimum absolute atomic E-state index is 0.515. The van der Waals surface area contributed by atoms with E-state index in [-0.39, 0.29) is 0 Å². The molecule has 0 aliphatic heterocycles. The Balaban J connectivity index is 0.0000000937. The molecule has 20 rings (SSSR count). The van der Waals surface area contributed by atoms with Crippen molar-refractivity contribution in [1.29, 1.82) is 0 Å². The molecular weight excluding hydrogens is 1090 g/mol. The molecule has 13 aromatic carbocycles. The van der Waals surface area contributed by atoms with Gasteiger partial charge in [-0.3, -0.25) is 34.9 Å². The molecule has 0 radical (unpaired) electrons. The molecule has 0 bridgehead atoms. The van der Waals surface area contributed by atoms with Crippen LogP contribution in [0.15, 0.2) is 323 Å². The molecule has 7 heteroatoms. The maximum Gasteiger partial charge on any atom is 0.0970 e. The SMILES string of the molecule is [2H]c1ccc2c(c1)c1cccnc1c1cnccc21.[2H]c1ccc2c(c1)c1cccnc1c1ncccc21.[2H]c1ccc2c3ccccc3c3cccnc3c2c1.[2H]c1ccc2c3ccccc3c3ccncc3c2c1.[2H]c1ccc2c3ccccc3c3ccncc3c2c1. The lowest BCUT2D eigenvalue weighted by Crippen LogP contribution is -1.87. The number of hydrogen-bond acceptors (Lipinski definition) is 7. The van der Waals surface area contributed by atoms with Gasteiger partial charge in [0.05, 0.1) is 28.9 Å². The summed E-state index contributed by atoms with van der Waals surface area (Å²) in [5.41, 5.74) is 3.74. The van der Waals surface area contributed by atoms with E-state index in [4.69, 9.17) is 6.85 Å². The summed E-state index contributed by atoms with van der Waals surface area (Å²) in [4.78, 5) is 30.6. The Morgan fingerprint density at radius 2 is 0.356 bits per heavy atom. The van der Waals surface area contributed by atoms with Crippen molar-refractivity contribution in [3.63, 3.8) is 0 Å². The lowest BCUT2D eigenvalue weighted by molar-refractivity contribution is 1.36. The first-order valence-electron chi connectivity index (χ1n) is 32.2. The maximum atomic E-state index is 7.84. The predicted octanol–water partition coefficient (Wildman–Crippen LogP) is 21.5. The number of benzene rings is 13. The third kappa shape index (κ3) is 9.37. The number of aromatic nitrogens is 7. The summed E-state index contributed by atoms with van der Waals surface area (Å²) in [5, 5.41) is 29.8. The van der Waals surface area contributed by atoms with E-state index in [0.29, 0.717) is 30.2 Å². The van der Waals surface area contributed by atoms with Gasteiger partial charge < -0.3 is 0 Å². The zero-order chi connectivity index (χ0) is 64.1. The van der Waals surface area contributed by atoms with Crippen LogP contribution in [0.1, 0.15) is 6.85 Å². The summed E-state index contributed by atoms with van der Waals surface area (Å²) in [6, 6.07) is 78.7. The van der Waals surface area contributed by atoms with Crippen LogP contribution in [0.2, 0.25) is 0 Å². The van der Waals surface area contributed by atoms with Crippen LogP contribution in [0.3, 0.4) is 0 Å². The van der Waals surface area contributed by atoms with Crippen molar-refractivity contribution < 1.29 is 6.85 Å². The van der Waals surface area contributed by atoms with E-state index in [0.717, 1.165) is 108 Å². The molecule has 0 N–H and O–H groups in total. The van der Waals surface area contributed by atoms with E-state index in [1.165, 1.54) is 53.9 Å². The summed E-state index contributed by atoms with van der Waals surface area (Å²) in [7, 11) is 0. The third-order valence-corrected chi connectivity index (χ3v) is 17.0. The second-order valence-corrected chi connectivity index (χ2v) is 21.9. The van der Waals surface area contributed by atoms with Crippen molar-refractivity contribution in [2.24, 2.45) is 0 Å². The minimum Gasteiger partial charge on any atom is -0.264 e. The van der Waals surface area contributed by atoms with Crippen molar-refractivity contribution in [3.8, 4) is 0 Å². The molecule has 7 aromatic heterocycles. The fraction of sp³-hybridized carbons (Fsp3) is 0. The molecule has 20 aromatic rings. The Morgan fingerprint density at radius 3 is 0.700 bits per heavy atom. The number of hydrogen-bond donors (Lipinski definition) is 0. The third-order valence-electron chi connectivity index (χ3n) is 17.0. The van der Waals surface area contributed by atoms with Gasteiger partial charge >= 0.3 is 0 Å². The van der Waals surface area contributed by atoms with Crippen LogP contribution in [0.4, 0.5) is 0 Å². The average molecular weight is 1150 g/mol. The lowest BCUT2D eigenvalue weighted by Gasteiger charge is -2.09. The summed E-state index contributed by atoms with van der Waals surface area (Å²) in [6.45, 7) is 0. The van der Waals surface area contributed by atoms with Gasteiger partial charge in [0.15, 0.2) is 0 Å². The van der Waals surface area contributed by atoms with Crippen LogP contribution >= 0.6 is 0 Å². The van der Waals surface area contributed by atoms with Gasteiger partial charge in [0.1, 0.15) is 0 Å². The van der Waals surface area contributed by atoms with Crippen LogP contribution in [0.25, 0.3) is 162 Å². The van der Waals surface area contributed by atoms with E-state index < -0.39 is 0 Å². The van der Waals surface area contributed by atoms with Crippen molar-refractivity contribution in [3.05, 3.63) is 323 Å². The highest BCUT2D eigenvalue weighted by Crippen LogP contribution is 2.38. The number of fused-ring (bicyclic) bond motifs is 30. The van der Waals surface area contributed by atoms with Crippen LogP contribution in [-0.2, 0) is 0 Å². The number of pyridine rings is 7. The van der Waals surface area contributed by atoms with Gasteiger partial charge in [-0.15, -0.1) is 0 Å². The van der Waals surface area contributed by atoms with E-state index in [1.807, 2.05) is 177 Å². The average Bonchev–Trinajstić information content (AvgIpc) is 0.792. The Hall–Kier alpha value is -12.2. The molecule has 420 valence electrons. The summed E-state index contributed by atoms with van der Waals surface area (Å²) >= 11 is 0. The fourth-order valence-electron chi connectivity index (χ4n) is 13.1. The molecule has 0 atom stereocenters. The highest BCUT2D eigenvalue weighted by molar-refractivity contribution is 6.28. The molecule has 0 amide bonds. The Kier molecular flexibility index (Phi) is 12.4. The molecule has 7 heterocycles. The fourth-order valence-corrected chi connectivity index (χ4v) is 13.1. The van der Waals surface area contributed by atoms with E-state index in [2.05, 4.69) is 126 Å². The zero-order valence-electron chi connectivity index (χ0n) is 53.3. The Labute approximate surface area is 523 Å². The van der Waals surface area contributed by atoms with E-state index in [1.54, 1.807) is 24.8 Å². The van der Waals surface area contributed by atoms with Crippen molar-refractivity contribution in [2.75, 3.05) is 0 Å². The van der Waals surface area contributed by atoms with Gasteiger partial charge in [-0.1, -0.05) is 218 Å². The number of rotatable bonds is 0. The Bertz CT molecular complexity index is 5380. The summed E-state index contributed by atoms with van der Waals surface area (Å²) < 4.78 is 39.2. The zero-order valence-corrected chi connectivity index (χ0v) is 48.3. The maximum absolute atomic E-state index is 7.84. The van der Waals surface area contributed by atoms with Gasteiger partial charge in [-0.2, -0.15) is 0 Å². The summed E-state index contributed by atoms with van der Waals surface area (Å²) in [5.74, 6) is 0. The van der Waals surface area contributed by atoms with Crippen molar-refractivity contribution in [1.82, 2.24) is 34.9 Å². The van der Waals surface area contributed by atoms with E-state index >= 15 is 0 Å². The molecule has 0 saturated carbocycles. The second-order valence-electron chi connectivity index (χ2n) is 21.9.